The minimum Gasteiger partial charge on any atom is -0.470 e. The number of hydrogen-bond donors (Lipinski definition) is 1. The number of pyridine rings is 1. The molecule has 0 unspecified atom stereocenters. The Morgan fingerprint density at radius 3 is 2.81 bits per heavy atom. The lowest BCUT2D eigenvalue weighted by Crippen LogP contribution is -2.12. The second kappa shape index (κ2) is 6.25. The summed E-state index contributed by atoms with van der Waals surface area (Å²) in [6.45, 7) is 4.23. The third-order valence-corrected chi connectivity index (χ3v) is 1.82. The van der Waals surface area contributed by atoms with Gasteiger partial charge in [0.25, 0.3) is 6.43 Å². The van der Waals surface area contributed by atoms with Crippen molar-refractivity contribution in [3.8, 4) is 5.88 Å². The van der Waals surface area contributed by atoms with Crippen LogP contribution < -0.4 is 10.1 Å². The number of nitrogens with one attached hydrogen (secondary N) is 1. The van der Waals surface area contributed by atoms with E-state index < -0.39 is 13.0 Å². The average Bonchev–Trinajstić information content (AvgIpc) is 2.24. The molecule has 0 saturated carbocycles. The zero-order valence-corrected chi connectivity index (χ0v) is 9.41. The Morgan fingerprint density at radius 1 is 1.44 bits per heavy atom. The fourth-order valence-corrected chi connectivity index (χ4v) is 1.10. The summed E-state index contributed by atoms with van der Waals surface area (Å²) in [6, 6.07) is 3.49. The average molecular weight is 230 g/mol. The van der Waals surface area contributed by atoms with Crippen LogP contribution in [-0.4, -0.2) is 24.6 Å². The molecular weight excluding hydrogens is 214 g/mol. The maximum atomic E-state index is 12.0. The van der Waals surface area contributed by atoms with E-state index in [1.54, 1.807) is 12.1 Å². The van der Waals surface area contributed by atoms with Gasteiger partial charge < -0.3 is 10.1 Å². The second-order valence-corrected chi connectivity index (χ2v) is 3.83. The maximum absolute atomic E-state index is 12.0. The number of anilines is 1. The molecular formula is C11H16F2N2O. The second-order valence-electron chi connectivity index (χ2n) is 3.83. The molecule has 0 saturated heterocycles. The van der Waals surface area contributed by atoms with E-state index in [4.69, 9.17) is 4.74 Å². The molecule has 0 aliphatic heterocycles. The fourth-order valence-electron chi connectivity index (χ4n) is 1.10. The predicted molar refractivity (Wildman–Crippen MR) is 59.1 cm³/mol. The summed E-state index contributed by atoms with van der Waals surface area (Å²) in [5.74, 6) is 0.687. The van der Waals surface area contributed by atoms with Crippen molar-refractivity contribution in [2.45, 2.75) is 20.3 Å². The van der Waals surface area contributed by atoms with E-state index in [0.29, 0.717) is 11.6 Å². The Hall–Kier alpha value is -1.39. The monoisotopic (exact) mass is 230 g/mol. The third kappa shape index (κ3) is 4.42. The van der Waals surface area contributed by atoms with Crippen molar-refractivity contribution in [3.63, 3.8) is 0 Å². The van der Waals surface area contributed by atoms with Crippen LogP contribution in [0.3, 0.4) is 0 Å². The third-order valence-electron chi connectivity index (χ3n) is 1.82. The number of aromatic nitrogens is 1. The van der Waals surface area contributed by atoms with Gasteiger partial charge in [0.05, 0.1) is 5.69 Å². The molecule has 0 bridgehead atoms. The molecule has 0 spiro atoms. The highest BCUT2D eigenvalue weighted by atomic mass is 19.3. The minimum atomic E-state index is -2.49. The summed E-state index contributed by atoms with van der Waals surface area (Å²) in [6.07, 6.45) is -0.971. The van der Waals surface area contributed by atoms with Crippen molar-refractivity contribution in [2.75, 3.05) is 18.5 Å². The van der Waals surface area contributed by atoms with Gasteiger partial charge in [0, 0.05) is 12.7 Å². The highest BCUT2D eigenvalue weighted by Crippen LogP contribution is 2.21. The Labute approximate surface area is 93.8 Å². The summed E-state index contributed by atoms with van der Waals surface area (Å²) >= 11 is 0. The van der Waals surface area contributed by atoms with Crippen molar-refractivity contribution in [2.24, 2.45) is 5.92 Å². The van der Waals surface area contributed by atoms with Crippen LogP contribution >= 0.6 is 0 Å². The zero-order chi connectivity index (χ0) is 12.0. The molecule has 0 aromatic carbocycles. The smallest absolute Gasteiger partial charge is 0.272 e. The predicted octanol–water partition coefficient (Wildman–Crippen LogP) is 2.79. The van der Waals surface area contributed by atoms with Gasteiger partial charge in [-0.1, -0.05) is 13.8 Å². The van der Waals surface area contributed by atoms with Crippen LogP contribution in [0.1, 0.15) is 13.8 Å². The normalized spacial score (nSPS) is 10.9. The van der Waals surface area contributed by atoms with E-state index in [1.165, 1.54) is 6.20 Å². The Morgan fingerprint density at radius 2 is 2.19 bits per heavy atom. The maximum Gasteiger partial charge on any atom is 0.272 e. The molecule has 1 heterocycles. The molecule has 16 heavy (non-hydrogen) atoms. The van der Waals surface area contributed by atoms with Gasteiger partial charge in [-0.3, -0.25) is 0 Å². The molecule has 3 nitrogen and oxygen atoms in total. The standard InChI is InChI=1S/C11H16F2N2O/c1-8(2)6-15-9-4-3-5-14-11(9)16-7-10(12)13/h3-5,8,10,15H,6-7H2,1-2H3. The van der Waals surface area contributed by atoms with Crippen LogP contribution in [-0.2, 0) is 0 Å². The van der Waals surface area contributed by atoms with Crippen LogP contribution in [0.5, 0.6) is 5.88 Å². The van der Waals surface area contributed by atoms with Crippen molar-refractivity contribution in [1.82, 2.24) is 4.98 Å². The summed E-state index contributed by atoms with van der Waals surface area (Å²) in [4.78, 5) is 3.91. The molecule has 0 amide bonds. The molecule has 0 aliphatic carbocycles. The van der Waals surface area contributed by atoms with Crippen LogP contribution in [0, 0.1) is 5.92 Å². The SMILES string of the molecule is CC(C)CNc1cccnc1OCC(F)F. The van der Waals surface area contributed by atoms with Crippen LogP contribution in [0.25, 0.3) is 0 Å². The number of alkyl halides is 2. The molecule has 90 valence electrons. The first-order valence-corrected chi connectivity index (χ1v) is 5.19. The summed E-state index contributed by atoms with van der Waals surface area (Å²) < 4.78 is 28.9. The lowest BCUT2D eigenvalue weighted by molar-refractivity contribution is 0.0800. The molecule has 0 fully saturated rings. The fraction of sp³-hybridized carbons (Fsp3) is 0.545. The number of hydrogen-bond acceptors (Lipinski definition) is 3. The van der Waals surface area contributed by atoms with Crippen molar-refractivity contribution in [3.05, 3.63) is 18.3 Å². The van der Waals surface area contributed by atoms with Gasteiger partial charge in [-0.15, -0.1) is 0 Å². The van der Waals surface area contributed by atoms with Gasteiger partial charge in [0.1, 0.15) is 0 Å². The van der Waals surface area contributed by atoms with Gasteiger partial charge in [-0.2, -0.15) is 0 Å². The van der Waals surface area contributed by atoms with E-state index in [9.17, 15) is 8.78 Å². The van der Waals surface area contributed by atoms with Crippen molar-refractivity contribution < 1.29 is 13.5 Å². The largest absolute Gasteiger partial charge is 0.470 e. The lowest BCUT2D eigenvalue weighted by Gasteiger charge is -2.12. The molecule has 0 aliphatic rings. The van der Waals surface area contributed by atoms with Crippen molar-refractivity contribution >= 4 is 5.69 Å². The first-order chi connectivity index (χ1) is 7.59. The number of rotatable bonds is 6. The Kier molecular flexibility index (Phi) is 4.95. The molecule has 5 heteroatoms. The molecule has 0 atom stereocenters. The van der Waals surface area contributed by atoms with Gasteiger partial charge >= 0.3 is 0 Å². The molecule has 1 rings (SSSR count). The van der Waals surface area contributed by atoms with Crippen molar-refractivity contribution in [1.29, 1.82) is 0 Å². The van der Waals surface area contributed by atoms with Gasteiger partial charge in [-0.25, -0.2) is 13.8 Å². The van der Waals surface area contributed by atoms with Gasteiger partial charge in [-0.05, 0) is 18.1 Å². The minimum absolute atomic E-state index is 0.225. The quantitative estimate of drug-likeness (QED) is 0.816. The van der Waals surface area contributed by atoms with E-state index in [0.717, 1.165) is 6.54 Å². The van der Waals surface area contributed by atoms with Crippen LogP contribution in [0.4, 0.5) is 14.5 Å². The first-order valence-electron chi connectivity index (χ1n) is 5.19. The summed E-state index contributed by atoms with van der Waals surface area (Å²) in [5.41, 5.74) is 0.650. The van der Waals surface area contributed by atoms with Crippen LogP contribution in [0.2, 0.25) is 0 Å². The Bertz CT molecular complexity index is 288. The van der Waals surface area contributed by atoms with Gasteiger partial charge in [0.15, 0.2) is 6.61 Å². The first kappa shape index (κ1) is 12.7. The number of halogens is 2. The highest BCUT2D eigenvalue weighted by Gasteiger charge is 2.08. The number of nitrogens with zero attached hydrogens (tertiary/aromatic N) is 1. The summed E-state index contributed by atoms with van der Waals surface area (Å²) in [7, 11) is 0. The molecule has 1 aromatic heterocycles. The molecule has 0 radical (unpaired) electrons. The highest BCUT2D eigenvalue weighted by molar-refractivity contribution is 5.51. The van der Waals surface area contributed by atoms with Gasteiger partial charge in [0.2, 0.25) is 5.88 Å². The van der Waals surface area contributed by atoms with Crippen LogP contribution in [0.15, 0.2) is 18.3 Å². The molecule has 1 N–H and O–H groups in total. The van der Waals surface area contributed by atoms with E-state index in [1.807, 2.05) is 0 Å². The molecule has 1 aromatic rings. The zero-order valence-electron chi connectivity index (χ0n) is 9.41. The Balaban J connectivity index is 2.60. The summed E-state index contributed by atoms with van der Waals surface area (Å²) in [5, 5.41) is 3.10. The lowest BCUT2D eigenvalue weighted by atomic mass is 10.2. The van der Waals surface area contributed by atoms with E-state index >= 15 is 0 Å². The number of ether oxygens (including phenoxy) is 1. The topological polar surface area (TPSA) is 34.2 Å². The van der Waals surface area contributed by atoms with E-state index in [-0.39, 0.29) is 5.88 Å². The van der Waals surface area contributed by atoms with E-state index in [2.05, 4.69) is 24.1 Å².